The number of anilines is 2. The van der Waals surface area contributed by atoms with Crippen molar-refractivity contribution >= 4 is 29.2 Å². The second-order valence-electron chi connectivity index (χ2n) is 5.47. The molecule has 0 saturated carbocycles. The van der Waals surface area contributed by atoms with Crippen molar-refractivity contribution < 1.29 is 27.9 Å². The number of hydrogen-bond donors (Lipinski definition) is 2. The summed E-state index contributed by atoms with van der Waals surface area (Å²) in [4.78, 5) is 35.4. The third-order valence-corrected chi connectivity index (χ3v) is 3.46. The lowest BCUT2D eigenvalue weighted by Gasteiger charge is -2.07. The molecular formula is C19H16F2N2O4. The Bertz CT molecular complexity index is 908. The van der Waals surface area contributed by atoms with E-state index in [0.29, 0.717) is 11.3 Å². The molecule has 0 aromatic heterocycles. The fourth-order valence-corrected chi connectivity index (χ4v) is 2.05. The molecule has 2 aromatic rings. The van der Waals surface area contributed by atoms with Gasteiger partial charge in [0, 0.05) is 29.1 Å². The smallest absolute Gasteiger partial charge is 0.337 e. The number of benzene rings is 2. The molecule has 2 aromatic carbocycles. The van der Waals surface area contributed by atoms with Crippen molar-refractivity contribution in [2.45, 2.75) is 6.92 Å². The van der Waals surface area contributed by atoms with Crippen molar-refractivity contribution in [3.05, 3.63) is 71.3 Å². The Hall–Kier alpha value is -3.55. The van der Waals surface area contributed by atoms with Crippen molar-refractivity contribution in [2.75, 3.05) is 17.7 Å². The first kappa shape index (κ1) is 19.8. The molecule has 0 aliphatic heterocycles. The van der Waals surface area contributed by atoms with Crippen molar-refractivity contribution in [3.63, 3.8) is 0 Å². The second kappa shape index (κ2) is 8.70. The predicted molar refractivity (Wildman–Crippen MR) is 95.2 cm³/mol. The summed E-state index contributed by atoms with van der Waals surface area (Å²) in [7, 11) is 1.26. The van der Waals surface area contributed by atoms with Gasteiger partial charge in [0.1, 0.15) is 0 Å². The fourth-order valence-electron chi connectivity index (χ4n) is 2.05. The zero-order valence-electron chi connectivity index (χ0n) is 14.5. The maximum absolute atomic E-state index is 13.1. The molecule has 0 fully saturated rings. The summed E-state index contributed by atoms with van der Waals surface area (Å²) >= 11 is 0. The number of halogens is 2. The zero-order chi connectivity index (χ0) is 20.0. The molecule has 0 radical (unpaired) electrons. The minimum absolute atomic E-state index is 0.0572. The van der Waals surface area contributed by atoms with Crippen molar-refractivity contribution in [2.24, 2.45) is 0 Å². The Balaban J connectivity index is 1.99. The average Bonchev–Trinajstić information content (AvgIpc) is 2.64. The molecule has 0 aliphatic rings. The van der Waals surface area contributed by atoms with Gasteiger partial charge in [0.15, 0.2) is 11.6 Å². The van der Waals surface area contributed by atoms with Gasteiger partial charge in [-0.2, -0.15) is 0 Å². The van der Waals surface area contributed by atoms with Crippen LogP contribution in [0.15, 0.2) is 54.1 Å². The summed E-state index contributed by atoms with van der Waals surface area (Å²) < 4.78 is 30.6. The normalized spacial score (nSPS) is 10.9. The third kappa shape index (κ3) is 5.46. The van der Waals surface area contributed by atoms with Crippen molar-refractivity contribution in [1.82, 2.24) is 0 Å². The lowest BCUT2D eigenvalue weighted by Crippen LogP contribution is -2.16. The van der Waals surface area contributed by atoms with Gasteiger partial charge in [-0.15, -0.1) is 0 Å². The number of methoxy groups -OCH3 is 1. The average molecular weight is 374 g/mol. The van der Waals surface area contributed by atoms with Gasteiger partial charge in [0.25, 0.3) is 5.91 Å². The van der Waals surface area contributed by atoms with Crippen LogP contribution in [-0.4, -0.2) is 24.9 Å². The van der Waals surface area contributed by atoms with Crippen LogP contribution in [0.4, 0.5) is 20.2 Å². The fraction of sp³-hybridized carbons (Fsp3) is 0.105. The van der Waals surface area contributed by atoms with Gasteiger partial charge in [-0.25, -0.2) is 13.6 Å². The van der Waals surface area contributed by atoms with Crippen LogP contribution in [-0.2, 0) is 14.3 Å². The van der Waals surface area contributed by atoms with E-state index < -0.39 is 29.4 Å². The van der Waals surface area contributed by atoms with Crippen LogP contribution in [0.2, 0.25) is 0 Å². The Morgan fingerprint density at radius 2 is 1.56 bits per heavy atom. The molecule has 6 nitrogen and oxygen atoms in total. The highest BCUT2D eigenvalue weighted by atomic mass is 19.2. The van der Waals surface area contributed by atoms with Gasteiger partial charge in [0.2, 0.25) is 5.91 Å². The molecule has 27 heavy (non-hydrogen) atoms. The van der Waals surface area contributed by atoms with Crippen LogP contribution in [0, 0.1) is 11.6 Å². The highest BCUT2D eigenvalue weighted by Crippen LogP contribution is 2.14. The van der Waals surface area contributed by atoms with Crippen molar-refractivity contribution in [3.8, 4) is 0 Å². The molecule has 0 aliphatic carbocycles. The Morgan fingerprint density at radius 3 is 2.15 bits per heavy atom. The Kier molecular flexibility index (Phi) is 6.37. The van der Waals surface area contributed by atoms with E-state index in [1.54, 1.807) is 0 Å². The van der Waals surface area contributed by atoms with Gasteiger partial charge >= 0.3 is 5.97 Å². The second-order valence-corrected chi connectivity index (χ2v) is 5.47. The molecule has 0 spiro atoms. The monoisotopic (exact) mass is 374 g/mol. The first-order chi connectivity index (χ1) is 12.8. The van der Waals surface area contributed by atoms with Gasteiger partial charge in [-0.3, -0.25) is 9.59 Å². The molecular weight excluding hydrogens is 358 g/mol. The summed E-state index contributed by atoms with van der Waals surface area (Å²) in [6.07, 6.45) is 1.03. The number of nitrogens with one attached hydrogen (secondary N) is 2. The summed E-state index contributed by atoms with van der Waals surface area (Å²) in [5.74, 6) is -3.84. The molecule has 0 unspecified atom stereocenters. The van der Waals surface area contributed by atoms with Crippen molar-refractivity contribution in [1.29, 1.82) is 0 Å². The van der Waals surface area contributed by atoms with Crippen LogP contribution < -0.4 is 10.6 Å². The summed E-state index contributed by atoms with van der Waals surface area (Å²) in [6, 6.07) is 8.90. The summed E-state index contributed by atoms with van der Waals surface area (Å²) in [6.45, 7) is 1.42. The first-order valence-corrected chi connectivity index (χ1v) is 7.74. The van der Waals surface area contributed by atoms with E-state index in [-0.39, 0.29) is 11.3 Å². The van der Waals surface area contributed by atoms with Crippen LogP contribution in [0.1, 0.15) is 17.3 Å². The molecule has 2 rings (SSSR count). The number of amides is 2. The van der Waals surface area contributed by atoms with E-state index in [9.17, 15) is 23.2 Å². The maximum atomic E-state index is 13.1. The lowest BCUT2D eigenvalue weighted by molar-refractivity contribution is -0.114. The molecule has 2 amide bonds. The highest BCUT2D eigenvalue weighted by molar-refractivity contribution is 6.10. The number of ether oxygens (including phenoxy) is 1. The van der Waals surface area contributed by atoms with Crippen LogP contribution >= 0.6 is 0 Å². The molecule has 2 N–H and O–H groups in total. The molecule has 140 valence electrons. The van der Waals surface area contributed by atoms with E-state index in [1.807, 2.05) is 0 Å². The molecule has 0 bridgehead atoms. The zero-order valence-corrected chi connectivity index (χ0v) is 14.5. The SMILES string of the molecule is COC(=O)c1ccc(NC(=O)/C(C)=C/C(=O)Nc2ccc(F)c(F)c2)cc1. The predicted octanol–water partition coefficient (Wildman–Crippen LogP) is 3.27. The number of esters is 1. The van der Waals surface area contributed by atoms with Gasteiger partial charge < -0.3 is 15.4 Å². The third-order valence-electron chi connectivity index (χ3n) is 3.46. The minimum atomic E-state index is -1.10. The number of carbonyl (C=O) groups is 3. The Labute approximate surface area is 153 Å². The van der Waals surface area contributed by atoms with Gasteiger partial charge in [-0.05, 0) is 43.3 Å². The first-order valence-electron chi connectivity index (χ1n) is 7.74. The largest absolute Gasteiger partial charge is 0.465 e. The van der Waals surface area contributed by atoms with Crippen LogP contribution in [0.5, 0.6) is 0 Å². The van der Waals surface area contributed by atoms with Crippen LogP contribution in [0.25, 0.3) is 0 Å². The standard InChI is InChI=1S/C19H16F2N2O4/c1-11(9-17(24)22-14-7-8-15(20)16(21)10-14)18(25)23-13-5-3-12(4-6-13)19(26)27-2/h3-10H,1-2H3,(H,22,24)(H,23,25)/b11-9+. The number of hydrogen-bond acceptors (Lipinski definition) is 4. The molecule has 0 atom stereocenters. The summed E-state index contributed by atoms with van der Waals surface area (Å²) in [5, 5.41) is 4.90. The molecule has 8 heteroatoms. The van der Waals surface area contributed by atoms with Gasteiger partial charge in [-0.1, -0.05) is 0 Å². The van der Waals surface area contributed by atoms with E-state index in [1.165, 1.54) is 44.4 Å². The van der Waals surface area contributed by atoms with Crippen LogP contribution in [0.3, 0.4) is 0 Å². The van der Waals surface area contributed by atoms with E-state index in [4.69, 9.17) is 0 Å². The van der Waals surface area contributed by atoms with Gasteiger partial charge in [0.05, 0.1) is 12.7 Å². The summed E-state index contributed by atoms with van der Waals surface area (Å²) in [5.41, 5.74) is 0.893. The Morgan fingerprint density at radius 1 is 0.926 bits per heavy atom. The number of rotatable bonds is 5. The molecule has 0 heterocycles. The lowest BCUT2D eigenvalue weighted by atomic mass is 10.2. The quantitative estimate of drug-likeness (QED) is 0.621. The molecule has 0 saturated heterocycles. The van der Waals surface area contributed by atoms with E-state index in [0.717, 1.165) is 18.2 Å². The number of carbonyl (C=O) groups excluding carboxylic acids is 3. The van der Waals surface area contributed by atoms with E-state index >= 15 is 0 Å². The highest BCUT2D eigenvalue weighted by Gasteiger charge is 2.10. The maximum Gasteiger partial charge on any atom is 0.337 e. The topological polar surface area (TPSA) is 84.5 Å². The minimum Gasteiger partial charge on any atom is -0.465 e. The van der Waals surface area contributed by atoms with E-state index in [2.05, 4.69) is 15.4 Å².